The zero-order chi connectivity index (χ0) is 8.48. The van der Waals surface area contributed by atoms with Crippen LogP contribution in [0.15, 0.2) is 0 Å². The number of likely N-dealkylation sites (N-methyl/N-ethyl adjacent to an activating group) is 1. The van der Waals surface area contributed by atoms with Crippen molar-refractivity contribution in [2.45, 2.75) is 19.4 Å². The lowest BCUT2D eigenvalue weighted by molar-refractivity contribution is 0.0912. The van der Waals surface area contributed by atoms with Gasteiger partial charge in [0.1, 0.15) is 5.60 Å². The molecule has 1 amide bonds. The molecule has 0 radical (unpaired) electrons. The summed E-state index contributed by atoms with van der Waals surface area (Å²) in [4.78, 5) is 12.8. The van der Waals surface area contributed by atoms with Crippen LogP contribution in [0.4, 0.5) is 4.79 Å². The molecule has 0 aromatic rings. The van der Waals surface area contributed by atoms with Crippen molar-refractivity contribution < 1.29 is 9.53 Å². The fourth-order valence-electron chi connectivity index (χ4n) is 1.09. The van der Waals surface area contributed by atoms with E-state index in [4.69, 9.17) is 4.74 Å². The van der Waals surface area contributed by atoms with Crippen molar-refractivity contribution in [3.63, 3.8) is 0 Å². The molecule has 1 fully saturated rings. The minimum Gasteiger partial charge on any atom is -0.440 e. The smallest absolute Gasteiger partial charge is 0.410 e. The Morgan fingerprint density at radius 3 is 2.73 bits per heavy atom. The summed E-state index contributed by atoms with van der Waals surface area (Å²) < 4.78 is 6.04. The molecular weight excluding hydrogens is 257 g/mol. The van der Waals surface area contributed by atoms with Crippen molar-refractivity contribution in [3.05, 3.63) is 0 Å². The van der Waals surface area contributed by atoms with Gasteiger partial charge in [0.05, 0.1) is 6.54 Å². The molecule has 1 rings (SSSR count). The van der Waals surface area contributed by atoms with Gasteiger partial charge in [-0.05, 0) is 13.8 Å². The highest BCUT2D eigenvalue weighted by molar-refractivity contribution is 14.1. The van der Waals surface area contributed by atoms with Gasteiger partial charge in [-0.2, -0.15) is 0 Å². The normalized spacial score (nSPS) is 30.8. The number of ether oxygens (including phenoxy) is 1. The number of halogens is 1. The van der Waals surface area contributed by atoms with Crippen molar-refractivity contribution in [2.75, 3.05) is 17.5 Å². The van der Waals surface area contributed by atoms with Crippen molar-refractivity contribution in [2.24, 2.45) is 0 Å². The molecule has 1 atom stereocenters. The fourth-order valence-corrected chi connectivity index (χ4v) is 1.48. The Kier molecular flexibility index (Phi) is 2.61. The molecule has 0 unspecified atom stereocenters. The highest BCUT2D eigenvalue weighted by Gasteiger charge is 2.39. The van der Waals surface area contributed by atoms with Gasteiger partial charge in [0.15, 0.2) is 0 Å². The third-order valence-corrected chi connectivity index (χ3v) is 3.40. The molecule has 3 nitrogen and oxygen atoms in total. The fraction of sp³-hybridized carbons (Fsp3) is 0.857. The van der Waals surface area contributed by atoms with E-state index in [1.807, 2.05) is 13.8 Å². The molecule has 0 aromatic heterocycles. The Hall–Kier alpha value is 0. The lowest BCUT2D eigenvalue weighted by Gasteiger charge is -2.17. The number of carbonyl (C=O) groups is 1. The summed E-state index contributed by atoms with van der Waals surface area (Å²) >= 11 is 2.24. The van der Waals surface area contributed by atoms with E-state index in [1.54, 1.807) is 4.90 Å². The first-order chi connectivity index (χ1) is 5.11. The third-order valence-electron chi connectivity index (χ3n) is 1.78. The number of alkyl halides is 1. The summed E-state index contributed by atoms with van der Waals surface area (Å²) in [6, 6.07) is 0. The molecule has 1 aliphatic rings. The average Bonchev–Trinajstić information content (AvgIpc) is 2.27. The minimum atomic E-state index is -0.256. The highest BCUT2D eigenvalue weighted by Crippen LogP contribution is 2.23. The predicted molar refractivity (Wildman–Crippen MR) is 51.0 cm³/mol. The molecule has 0 N–H and O–H groups in total. The van der Waals surface area contributed by atoms with Gasteiger partial charge < -0.3 is 9.64 Å². The zero-order valence-corrected chi connectivity index (χ0v) is 8.92. The van der Waals surface area contributed by atoms with Crippen molar-refractivity contribution >= 4 is 28.7 Å². The Bertz CT molecular complexity index is 174. The van der Waals surface area contributed by atoms with Crippen LogP contribution in [0.2, 0.25) is 0 Å². The Balaban J connectivity index is 2.62. The monoisotopic (exact) mass is 269 g/mol. The molecule has 0 saturated carbocycles. The van der Waals surface area contributed by atoms with E-state index in [1.165, 1.54) is 0 Å². The molecule has 0 aliphatic carbocycles. The number of amides is 1. The second-order valence-electron chi connectivity index (χ2n) is 2.97. The van der Waals surface area contributed by atoms with E-state index in [0.717, 1.165) is 17.5 Å². The van der Waals surface area contributed by atoms with Crippen LogP contribution < -0.4 is 0 Å². The van der Waals surface area contributed by atoms with Crippen LogP contribution in [0.1, 0.15) is 13.8 Å². The Morgan fingerprint density at radius 1 is 1.82 bits per heavy atom. The summed E-state index contributed by atoms with van der Waals surface area (Å²) in [6.45, 7) is 5.39. The van der Waals surface area contributed by atoms with E-state index >= 15 is 0 Å². The molecule has 11 heavy (non-hydrogen) atoms. The van der Waals surface area contributed by atoms with Crippen LogP contribution in [-0.2, 0) is 4.74 Å². The quantitative estimate of drug-likeness (QED) is 0.563. The van der Waals surface area contributed by atoms with E-state index in [-0.39, 0.29) is 11.7 Å². The second-order valence-corrected chi connectivity index (χ2v) is 3.73. The lowest BCUT2D eigenvalue weighted by atomic mass is 10.1. The maximum absolute atomic E-state index is 11.1. The van der Waals surface area contributed by atoms with E-state index in [9.17, 15) is 4.79 Å². The van der Waals surface area contributed by atoms with Gasteiger partial charge in [-0.1, -0.05) is 22.6 Å². The van der Waals surface area contributed by atoms with Crippen molar-refractivity contribution in [1.82, 2.24) is 4.90 Å². The van der Waals surface area contributed by atoms with Gasteiger partial charge in [-0.3, -0.25) is 0 Å². The number of cyclic esters (lactones) is 1. The van der Waals surface area contributed by atoms with Gasteiger partial charge >= 0.3 is 6.09 Å². The van der Waals surface area contributed by atoms with Crippen LogP contribution in [0.5, 0.6) is 0 Å². The van der Waals surface area contributed by atoms with Gasteiger partial charge in [-0.25, -0.2) is 4.79 Å². The zero-order valence-electron chi connectivity index (χ0n) is 6.76. The van der Waals surface area contributed by atoms with Crippen LogP contribution in [0.3, 0.4) is 0 Å². The third kappa shape index (κ3) is 1.77. The largest absolute Gasteiger partial charge is 0.440 e. The van der Waals surface area contributed by atoms with Crippen molar-refractivity contribution in [1.29, 1.82) is 0 Å². The minimum absolute atomic E-state index is 0.174. The van der Waals surface area contributed by atoms with Crippen molar-refractivity contribution in [3.8, 4) is 0 Å². The molecular formula is C7H12INO2. The van der Waals surface area contributed by atoms with E-state index < -0.39 is 0 Å². The first kappa shape index (κ1) is 9.09. The molecule has 64 valence electrons. The van der Waals surface area contributed by atoms with Crippen LogP contribution in [-0.4, -0.2) is 34.1 Å². The van der Waals surface area contributed by atoms with Gasteiger partial charge in [0.2, 0.25) is 0 Å². The average molecular weight is 269 g/mol. The predicted octanol–water partition coefficient (Wildman–Crippen LogP) is 1.65. The number of hydrogen-bond donors (Lipinski definition) is 0. The number of carbonyl (C=O) groups excluding carboxylic acids is 1. The van der Waals surface area contributed by atoms with Crippen LogP contribution >= 0.6 is 22.6 Å². The van der Waals surface area contributed by atoms with Gasteiger partial charge in [0.25, 0.3) is 0 Å². The Labute approximate surface area is 80.2 Å². The highest BCUT2D eigenvalue weighted by atomic mass is 127. The Morgan fingerprint density at radius 2 is 2.45 bits per heavy atom. The molecule has 1 aliphatic heterocycles. The first-order valence-corrected chi connectivity index (χ1v) is 5.18. The molecule has 0 aromatic carbocycles. The number of rotatable bonds is 2. The SMILES string of the molecule is CCN1C[C@@](C)(CI)OC1=O. The maximum atomic E-state index is 11.1. The number of hydrogen-bond acceptors (Lipinski definition) is 2. The molecule has 1 saturated heterocycles. The first-order valence-electron chi connectivity index (χ1n) is 3.65. The van der Waals surface area contributed by atoms with E-state index in [0.29, 0.717) is 0 Å². The van der Waals surface area contributed by atoms with Crippen LogP contribution in [0, 0.1) is 0 Å². The molecule has 4 heteroatoms. The topological polar surface area (TPSA) is 29.5 Å². The summed E-state index contributed by atoms with van der Waals surface area (Å²) in [5.74, 6) is 0. The second kappa shape index (κ2) is 3.16. The summed E-state index contributed by atoms with van der Waals surface area (Å²) in [5, 5.41) is 0. The van der Waals surface area contributed by atoms with Gasteiger partial charge in [0, 0.05) is 11.0 Å². The summed E-state index contributed by atoms with van der Waals surface area (Å²) in [6.07, 6.45) is -0.174. The molecule has 0 spiro atoms. The molecule has 1 heterocycles. The number of nitrogens with zero attached hydrogens (tertiary/aromatic N) is 1. The molecule has 0 bridgehead atoms. The van der Waals surface area contributed by atoms with E-state index in [2.05, 4.69) is 22.6 Å². The lowest BCUT2D eigenvalue weighted by Crippen LogP contribution is -2.32. The summed E-state index contributed by atoms with van der Waals surface area (Å²) in [7, 11) is 0. The standard InChI is InChI=1S/C7H12INO2/c1-3-9-5-7(2,4-8)11-6(9)10/h3-5H2,1-2H3/t7-/m1/s1. The van der Waals surface area contributed by atoms with Crippen LogP contribution in [0.25, 0.3) is 0 Å². The summed E-state index contributed by atoms with van der Waals surface area (Å²) in [5.41, 5.74) is -0.256. The van der Waals surface area contributed by atoms with Gasteiger partial charge in [-0.15, -0.1) is 0 Å². The maximum Gasteiger partial charge on any atom is 0.410 e.